The first-order valence-corrected chi connectivity index (χ1v) is 9.30. The number of rotatable bonds is 6. The molecule has 3 rings (SSSR count). The van der Waals surface area contributed by atoms with E-state index < -0.39 is 0 Å². The van der Waals surface area contributed by atoms with Gasteiger partial charge in [0.1, 0.15) is 12.7 Å². The van der Waals surface area contributed by atoms with E-state index in [1.165, 1.54) is 22.2 Å². The lowest BCUT2D eigenvalue weighted by Crippen LogP contribution is -2.26. The predicted octanol–water partition coefficient (Wildman–Crippen LogP) is 3.33. The highest BCUT2D eigenvalue weighted by Gasteiger charge is 2.15. The number of anilines is 2. The molecule has 0 saturated carbocycles. The van der Waals surface area contributed by atoms with Gasteiger partial charge in [-0.2, -0.15) is 5.10 Å². The summed E-state index contributed by atoms with van der Waals surface area (Å²) >= 11 is 12.1. The Balaban J connectivity index is 1.76. The van der Waals surface area contributed by atoms with E-state index >= 15 is 0 Å². The van der Waals surface area contributed by atoms with Crippen LogP contribution in [0.5, 0.6) is 0 Å². The minimum absolute atomic E-state index is 0.0860. The number of nitrogens with one attached hydrogen (secondary N) is 2. The summed E-state index contributed by atoms with van der Waals surface area (Å²) in [6, 6.07) is 9.88. The van der Waals surface area contributed by atoms with Crippen LogP contribution in [-0.4, -0.2) is 52.1 Å². The quantitative estimate of drug-likeness (QED) is 0.622. The molecule has 2 aromatic carbocycles. The second-order valence-electron chi connectivity index (χ2n) is 6.29. The Hall–Kier alpha value is -3.10. The van der Waals surface area contributed by atoms with E-state index in [0.29, 0.717) is 32.7 Å². The number of hydrogen-bond acceptors (Lipinski definition) is 5. The fourth-order valence-corrected chi connectivity index (χ4v) is 2.95. The number of amides is 2. The number of nitrogens with zero attached hydrogens (tertiary/aromatic N) is 4. The zero-order valence-electron chi connectivity index (χ0n) is 15.7. The summed E-state index contributed by atoms with van der Waals surface area (Å²) in [5, 5.41) is 10.7. The van der Waals surface area contributed by atoms with Gasteiger partial charge in [0.05, 0.1) is 23.5 Å². The van der Waals surface area contributed by atoms with E-state index in [-0.39, 0.29) is 18.4 Å². The lowest BCUT2D eigenvalue weighted by Gasteiger charge is -2.16. The van der Waals surface area contributed by atoms with Gasteiger partial charge in [0.15, 0.2) is 0 Å². The van der Waals surface area contributed by atoms with Gasteiger partial charge < -0.3 is 15.5 Å². The van der Waals surface area contributed by atoms with E-state index in [9.17, 15) is 9.59 Å². The van der Waals surface area contributed by atoms with Crippen LogP contribution in [-0.2, 0) is 4.79 Å². The van der Waals surface area contributed by atoms with Crippen LogP contribution >= 0.6 is 23.2 Å². The molecule has 0 aliphatic carbocycles. The average molecular weight is 433 g/mol. The van der Waals surface area contributed by atoms with Gasteiger partial charge in [-0.25, -0.2) is 9.67 Å². The van der Waals surface area contributed by atoms with Crippen LogP contribution in [0.4, 0.5) is 11.4 Å². The third-order valence-electron chi connectivity index (χ3n) is 3.96. The first-order valence-electron chi connectivity index (χ1n) is 8.54. The van der Waals surface area contributed by atoms with E-state index in [1.54, 1.807) is 50.5 Å². The molecule has 0 bridgehead atoms. The van der Waals surface area contributed by atoms with Gasteiger partial charge in [-0.05, 0) is 36.4 Å². The number of carbonyl (C=O) groups excluding carboxylic acids is 2. The Kier molecular flexibility index (Phi) is 6.36. The number of halogens is 2. The van der Waals surface area contributed by atoms with Crippen LogP contribution in [0, 0.1) is 0 Å². The topological polar surface area (TPSA) is 92.2 Å². The molecule has 0 fully saturated rings. The van der Waals surface area contributed by atoms with Crippen LogP contribution in [0.2, 0.25) is 10.0 Å². The van der Waals surface area contributed by atoms with Crippen molar-refractivity contribution in [2.24, 2.45) is 0 Å². The van der Waals surface area contributed by atoms with Crippen molar-refractivity contribution >= 4 is 46.4 Å². The standard InChI is InChI=1S/C19H18Cl2N6O2/c1-26(2)19(29)14-5-3-12(20)7-15(14)23-9-18(28)25-16-8-13(21)4-6-17(16)27-11-22-10-24-27/h3-8,10-11,23H,9H2,1-2H3,(H,25,28). The number of benzene rings is 2. The minimum atomic E-state index is -0.336. The van der Waals surface area contributed by atoms with Gasteiger partial charge in [-0.15, -0.1) is 0 Å². The first-order chi connectivity index (χ1) is 13.8. The van der Waals surface area contributed by atoms with Crippen LogP contribution in [0.1, 0.15) is 10.4 Å². The minimum Gasteiger partial charge on any atom is -0.375 e. The van der Waals surface area contributed by atoms with E-state index in [0.717, 1.165) is 0 Å². The second-order valence-corrected chi connectivity index (χ2v) is 7.17. The summed E-state index contributed by atoms with van der Waals surface area (Å²) in [6.45, 7) is -0.0860. The maximum absolute atomic E-state index is 12.5. The average Bonchev–Trinajstić information content (AvgIpc) is 3.20. The highest BCUT2D eigenvalue weighted by molar-refractivity contribution is 6.31. The summed E-state index contributed by atoms with van der Waals surface area (Å²) < 4.78 is 1.52. The molecule has 8 nitrogen and oxygen atoms in total. The maximum atomic E-state index is 12.5. The highest BCUT2D eigenvalue weighted by atomic mass is 35.5. The monoisotopic (exact) mass is 432 g/mol. The second kappa shape index (κ2) is 8.93. The molecular weight excluding hydrogens is 415 g/mol. The summed E-state index contributed by atoms with van der Waals surface area (Å²) in [5.74, 6) is -0.537. The van der Waals surface area contributed by atoms with Gasteiger partial charge in [-0.1, -0.05) is 23.2 Å². The number of aromatic nitrogens is 3. The molecule has 2 amide bonds. The predicted molar refractivity (Wildman–Crippen MR) is 113 cm³/mol. The van der Waals surface area contributed by atoms with E-state index in [2.05, 4.69) is 20.7 Å². The molecule has 1 aromatic heterocycles. The van der Waals surface area contributed by atoms with Crippen molar-refractivity contribution in [3.63, 3.8) is 0 Å². The molecule has 0 saturated heterocycles. The third kappa shape index (κ3) is 5.04. The first kappa shape index (κ1) is 20.6. The van der Waals surface area contributed by atoms with Crippen LogP contribution in [0.3, 0.4) is 0 Å². The molecule has 0 aliphatic heterocycles. The molecule has 2 N–H and O–H groups in total. The zero-order chi connectivity index (χ0) is 21.0. The van der Waals surface area contributed by atoms with Gasteiger partial charge in [0, 0.05) is 29.8 Å². The van der Waals surface area contributed by atoms with Crippen molar-refractivity contribution in [1.82, 2.24) is 19.7 Å². The Labute approximate surface area is 177 Å². The van der Waals surface area contributed by atoms with Crippen LogP contribution in [0.15, 0.2) is 49.1 Å². The van der Waals surface area contributed by atoms with Crippen molar-refractivity contribution in [3.8, 4) is 5.69 Å². The van der Waals surface area contributed by atoms with Crippen molar-refractivity contribution in [3.05, 3.63) is 64.7 Å². The third-order valence-corrected chi connectivity index (χ3v) is 4.43. The molecule has 0 spiro atoms. The summed E-state index contributed by atoms with van der Waals surface area (Å²) in [7, 11) is 3.30. The number of carbonyl (C=O) groups is 2. The molecule has 3 aromatic rings. The highest BCUT2D eigenvalue weighted by Crippen LogP contribution is 2.25. The molecule has 10 heteroatoms. The lowest BCUT2D eigenvalue weighted by atomic mass is 10.1. The van der Waals surface area contributed by atoms with Crippen molar-refractivity contribution < 1.29 is 9.59 Å². The smallest absolute Gasteiger partial charge is 0.255 e. The molecular formula is C19H18Cl2N6O2. The SMILES string of the molecule is CN(C)C(=O)c1ccc(Cl)cc1NCC(=O)Nc1cc(Cl)ccc1-n1cncn1. The lowest BCUT2D eigenvalue weighted by molar-refractivity contribution is -0.114. The van der Waals surface area contributed by atoms with Crippen molar-refractivity contribution in [1.29, 1.82) is 0 Å². The van der Waals surface area contributed by atoms with Crippen LogP contribution in [0.25, 0.3) is 5.69 Å². The van der Waals surface area contributed by atoms with Crippen molar-refractivity contribution in [2.75, 3.05) is 31.3 Å². The molecule has 0 atom stereocenters. The molecule has 0 unspecified atom stereocenters. The Bertz CT molecular complexity index is 1040. The fourth-order valence-electron chi connectivity index (χ4n) is 2.60. The number of hydrogen-bond donors (Lipinski definition) is 2. The largest absolute Gasteiger partial charge is 0.375 e. The normalized spacial score (nSPS) is 10.5. The van der Waals surface area contributed by atoms with Crippen LogP contribution < -0.4 is 10.6 Å². The Morgan fingerprint density at radius 3 is 2.41 bits per heavy atom. The Morgan fingerprint density at radius 1 is 1.07 bits per heavy atom. The maximum Gasteiger partial charge on any atom is 0.255 e. The van der Waals surface area contributed by atoms with E-state index in [1.807, 2.05) is 0 Å². The van der Waals surface area contributed by atoms with Crippen molar-refractivity contribution in [2.45, 2.75) is 0 Å². The summed E-state index contributed by atoms with van der Waals surface area (Å²) in [4.78, 5) is 30.2. The molecule has 0 radical (unpaired) electrons. The summed E-state index contributed by atoms with van der Waals surface area (Å²) in [6.07, 6.45) is 2.91. The van der Waals surface area contributed by atoms with Gasteiger partial charge in [0.25, 0.3) is 5.91 Å². The molecule has 0 aliphatic rings. The molecule has 1 heterocycles. The van der Waals surface area contributed by atoms with Gasteiger partial charge >= 0.3 is 0 Å². The van der Waals surface area contributed by atoms with E-state index in [4.69, 9.17) is 23.2 Å². The zero-order valence-corrected chi connectivity index (χ0v) is 17.2. The summed E-state index contributed by atoms with van der Waals surface area (Å²) in [5.41, 5.74) is 1.98. The molecule has 150 valence electrons. The Morgan fingerprint density at radius 2 is 1.76 bits per heavy atom. The fraction of sp³-hybridized carbons (Fsp3) is 0.158. The van der Waals surface area contributed by atoms with Gasteiger partial charge in [-0.3, -0.25) is 9.59 Å². The van der Waals surface area contributed by atoms with Gasteiger partial charge in [0.2, 0.25) is 5.91 Å². The molecule has 29 heavy (non-hydrogen) atoms.